The second-order valence-electron chi connectivity index (χ2n) is 5.44. The standard InChI is InChI=1S/C13H19N3O5S/c1-13(2,3)21-12(20)16-9(10(18)19)4-5-14-11-15-6-8(7-17)22-11/h6-7,9H,4-5H2,1-3H3,(H,14,15)(H,16,20)(H,18,19). The SMILES string of the molecule is CC(C)(C)OC(=O)NC(CCNc1ncc(C=O)s1)C(=O)O. The van der Waals surface area contributed by atoms with Gasteiger partial charge in [0.2, 0.25) is 0 Å². The molecule has 0 aliphatic heterocycles. The van der Waals surface area contributed by atoms with Gasteiger partial charge in [0.05, 0.1) is 11.1 Å². The van der Waals surface area contributed by atoms with Crippen LogP contribution in [0.1, 0.15) is 36.9 Å². The first-order chi connectivity index (χ1) is 10.2. The Morgan fingerprint density at radius 3 is 2.68 bits per heavy atom. The first-order valence-corrected chi connectivity index (χ1v) is 7.40. The van der Waals surface area contributed by atoms with Crippen molar-refractivity contribution in [1.82, 2.24) is 10.3 Å². The number of carboxylic acid groups (broad SMARTS) is 1. The van der Waals surface area contributed by atoms with E-state index in [-0.39, 0.29) is 13.0 Å². The van der Waals surface area contributed by atoms with Crippen molar-refractivity contribution in [3.05, 3.63) is 11.1 Å². The summed E-state index contributed by atoms with van der Waals surface area (Å²) in [5.74, 6) is -1.15. The second-order valence-corrected chi connectivity index (χ2v) is 6.50. The van der Waals surface area contributed by atoms with E-state index in [4.69, 9.17) is 9.84 Å². The monoisotopic (exact) mass is 329 g/mol. The zero-order valence-corrected chi connectivity index (χ0v) is 13.4. The first-order valence-electron chi connectivity index (χ1n) is 6.58. The van der Waals surface area contributed by atoms with Crippen LogP contribution in [0.2, 0.25) is 0 Å². The Morgan fingerprint density at radius 2 is 2.18 bits per heavy atom. The predicted molar refractivity (Wildman–Crippen MR) is 81.4 cm³/mol. The minimum atomic E-state index is -1.15. The largest absolute Gasteiger partial charge is 0.480 e. The van der Waals surface area contributed by atoms with Crippen LogP contribution in [0, 0.1) is 0 Å². The number of amides is 1. The van der Waals surface area contributed by atoms with Crippen LogP contribution < -0.4 is 10.6 Å². The Balaban J connectivity index is 2.45. The minimum Gasteiger partial charge on any atom is -0.480 e. The van der Waals surface area contributed by atoms with Crippen molar-refractivity contribution in [3.8, 4) is 0 Å². The van der Waals surface area contributed by atoms with Crippen LogP contribution >= 0.6 is 11.3 Å². The number of nitrogens with one attached hydrogen (secondary N) is 2. The molecule has 1 amide bonds. The maximum absolute atomic E-state index is 11.6. The van der Waals surface area contributed by atoms with Gasteiger partial charge in [-0.05, 0) is 27.2 Å². The van der Waals surface area contributed by atoms with Crippen molar-refractivity contribution in [2.24, 2.45) is 0 Å². The summed E-state index contributed by atoms with van der Waals surface area (Å²) in [4.78, 5) is 37.7. The van der Waals surface area contributed by atoms with Crippen LogP contribution in [0.5, 0.6) is 0 Å². The Morgan fingerprint density at radius 1 is 1.50 bits per heavy atom. The van der Waals surface area contributed by atoms with E-state index in [1.165, 1.54) is 6.20 Å². The second kappa shape index (κ2) is 7.74. The number of carbonyl (C=O) groups excluding carboxylic acids is 2. The van der Waals surface area contributed by atoms with E-state index >= 15 is 0 Å². The van der Waals surface area contributed by atoms with Crippen molar-refractivity contribution >= 4 is 34.8 Å². The summed E-state index contributed by atoms with van der Waals surface area (Å²) in [6.45, 7) is 5.35. The van der Waals surface area contributed by atoms with Gasteiger partial charge in [-0.1, -0.05) is 11.3 Å². The third-order valence-corrected chi connectivity index (χ3v) is 3.22. The van der Waals surface area contributed by atoms with E-state index in [1.54, 1.807) is 20.8 Å². The van der Waals surface area contributed by atoms with Gasteiger partial charge in [-0.15, -0.1) is 0 Å². The summed E-state index contributed by atoms with van der Waals surface area (Å²) in [6, 6.07) is -1.08. The van der Waals surface area contributed by atoms with E-state index < -0.39 is 23.7 Å². The van der Waals surface area contributed by atoms with Crippen LogP contribution in [0.25, 0.3) is 0 Å². The maximum atomic E-state index is 11.6. The number of carboxylic acids is 1. The number of hydrogen-bond donors (Lipinski definition) is 3. The molecule has 9 heteroatoms. The molecular weight excluding hydrogens is 310 g/mol. The van der Waals surface area contributed by atoms with Gasteiger partial charge in [0, 0.05) is 6.54 Å². The topological polar surface area (TPSA) is 118 Å². The lowest BCUT2D eigenvalue weighted by Gasteiger charge is -2.22. The quantitative estimate of drug-likeness (QED) is 0.652. The number of hydrogen-bond acceptors (Lipinski definition) is 7. The lowest BCUT2D eigenvalue weighted by atomic mass is 10.2. The molecule has 0 fully saturated rings. The molecule has 1 unspecified atom stereocenters. The molecule has 0 aromatic carbocycles. The zero-order chi connectivity index (χ0) is 16.8. The first kappa shape index (κ1) is 17.9. The highest BCUT2D eigenvalue weighted by Gasteiger charge is 2.23. The van der Waals surface area contributed by atoms with Gasteiger partial charge in [0.15, 0.2) is 11.4 Å². The fraction of sp³-hybridized carbons (Fsp3) is 0.538. The molecule has 22 heavy (non-hydrogen) atoms. The Bertz CT molecular complexity index is 538. The molecule has 122 valence electrons. The number of aliphatic carboxylic acids is 1. The number of aromatic nitrogens is 1. The number of nitrogens with zero attached hydrogens (tertiary/aromatic N) is 1. The highest BCUT2D eigenvalue weighted by Crippen LogP contribution is 2.16. The van der Waals surface area contributed by atoms with E-state index in [2.05, 4.69) is 15.6 Å². The molecule has 0 saturated heterocycles. The molecule has 1 heterocycles. The fourth-order valence-corrected chi connectivity index (χ4v) is 2.11. The average molecular weight is 329 g/mol. The highest BCUT2D eigenvalue weighted by atomic mass is 32.1. The number of thiazole rings is 1. The molecule has 1 aromatic heterocycles. The van der Waals surface area contributed by atoms with Gasteiger partial charge >= 0.3 is 12.1 Å². The van der Waals surface area contributed by atoms with Crippen molar-refractivity contribution in [2.75, 3.05) is 11.9 Å². The van der Waals surface area contributed by atoms with Gasteiger partial charge in [-0.2, -0.15) is 0 Å². The van der Waals surface area contributed by atoms with Gasteiger partial charge in [-0.25, -0.2) is 14.6 Å². The lowest BCUT2D eigenvalue weighted by molar-refractivity contribution is -0.139. The number of anilines is 1. The van der Waals surface area contributed by atoms with E-state index in [9.17, 15) is 14.4 Å². The molecule has 0 aliphatic carbocycles. The third kappa shape index (κ3) is 6.53. The van der Waals surface area contributed by atoms with E-state index in [1.807, 2.05) is 0 Å². The van der Waals surface area contributed by atoms with Crippen molar-refractivity contribution in [2.45, 2.75) is 38.8 Å². The van der Waals surface area contributed by atoms with Crippen molar-refractivity contribution < 1.29 is 24.2 Å². The number of rotatable bonds is 7. The molecule has 1 aromatic rings. The predicted octanol–water partition coefficient (Wildman–Crippen LogP) is 1.74. The molecule has 1 rings (SSSR count). The summed E-state index contributed by atoms with van der Waals surface area (Å²) in [7, 11) is 0. The van der Waals surface area contributed by atoms with Gasteiger partial charge < -0.3 is 20.5 Å². The maximum Gasteiger partial charge on any atom is 0.408 e. The molecule has 0 aliphatic rings. The fourth-order valence-electron chi connectivity index (χ4n) is 1.45. The number of carbonyl (C=O) groups is 3. The Kier molecular flexibility index (Phi) is 6.29. The zero-order valence-electron chi connectivity index (χ0n) is 12.6. The van der Waals surface area contributed by atoms with Gasteiger partial charge in [0.1, 0.15) is 11.6 Å². The van der Waals surface area contributed by atoms with Gasteiger partial charge in [-0.3, -0.25) is 4.79 Å². The van der Waals surface area contributed by atoms with Crippen molar-refractivity contribution in [1.29, 1.82) is 0 Å². The number of aldehydes is 1. The van der Waals surface area contributed by atoms with Crippen LogP contribution in [0.3, 0.4) is 0 Å². The van der Waals surface area contributed by atoms with Crippen LogP contribution in [0.4, 0.5) is 9.93 Å². The number of alkyl carbamates (subject to hydrolysis) is 1. The Hall–Kier alpha value is -2.16. The Labute approximate surface area is 131 Å². The molecule has 8 nitrogen and oxygen atoms in total. The molecule has 3 N–H and O–H groups in total. The van der Waals surface area contributed by atoms with Crippen molar-refractivity contribution in [3.63, 3.8) is 0 Å². The third-order valence-electron chi connectivity index (χ3n) is 2.34. The molecular formula is C13H19N3O5S. The molecule has 0 saturated carbocycles. The summed E-state index contributed by atoms with van der Waals surface area (Å²) in [6.07, 6.45) is 1.47. The number of ether oxygens (including phenoxy) is 1. The lowest BCUT2D eigenvalue weighted by Crippen LogP contribution is -2.44. The van der Waals surface area contributed by atoms with Gasteiger partial charge in [0.25, 0.3) is 0 Å². The summed E-state index contributed by atoms with van der Waals surface area (Å²) >= 11 is 1.16. The van der Waals surface area contributed by atoms with E-state index in [0.717, 1.165) is 11.3 Å². The highest BCUT2D eigenvalue weighted by molar-refractivity contribution is 7.17. The molecule has 0 bridgehead atoms. The average Bonchev–Trinajstić information content (AvgIpc) is 2.83. The summed E-state index contributed by atoms with van der Waals surface area (Å²) < 4.78 is 5.02. The summed E-state index contributed by atoms with van der Waals surface area (Å²) in [5, 5.41) is 14.8. The molecule has 0 spiro atoms. The van der Waals surface area contributed by atoms with Crippen LogP contribution in [-0.2, 0) is 9.53 Å². The molecule has 0 radical (unpaired) electrons. The van der Waals surface area contributed by atoms with E-state index in [0.29, 0.717) is 16.3 Å². The van der Waals surface area contributed by atoms with Crippen LogP contribution in [0.15, 0.2) is 6.20 Å². The minimum absolute atomic E-state index is 0.143. The molecule has 1 atom stereocenters. The normalized spacial score (nSPS) is 12.3. The van der Waals surface area contributed by atoms with Crippen LogP contribution in [-0.4, -0.2) is 46.6 Å². The smallest absolute Gasteiger partial charge is 0.408 e. The summed E-state index contributed by atoms with van der Waals surface area (Å²) in [5.41, 5.74) is -0.697.